The highest BCUT2D eigenvalue weighted by Crippen LogP contribution is 2.39. The van der Waals surface area contributed by atoms with E-state index in [1.165, 1.54) is 0 Å². The Morgan fingerprint density at radius 2 is 1.90 bits per heavy atom. The number of carbonyl (C=O) groups excluding carboxylic acids is 2. The molecule has 0 atom stereocenters. The fraction of sp³-hybridized carbons (Fsp3) is 0.429. The number of likely N-dealkylation sites (N-methyl/N-ethyl adjacent to an activating group) is 1. The van der Waals surface area contributed by atoms with E-state index >= 15 is 0 Å². The van der Waals surface area contributed by atoms with Gasteiger partial charge in [0.05, 0.1) is 28.3 Å². The number of anilines is 1. The highest BCUT2D eigenvalue weighted by molar-refractivity contribution is 7.89. The van der Waals surface area contributed by atoms with Crippen LogP contribution in [0.4, 0.5) is 5.69 Å². The van der Waals surface area contributed by atoms with Crippen LogP contribution in [0, 0.1) is 0 Å². The Balaban J connectivity index is 1.99. The van der Waals surface area contributed by atoms with Crippen molar-refractivity contribution >= 4 is 27.5 Å². The van der Waals surface area contributed by atoms with Crippen LogP contribution >= 0.6 is 0 Å². The molecule has 0 unspecified atom stereocenters. The van der Waals surface area contributed by atoms with Gasteiger partial charge in [-0.1, -0.05) is 0 Å². The minimum atomic E-state index is -3.76. The van der Waals surface area contributed by atoms with Crippen LogP contribution in [-0.2, 0) is 34.1 Å². The van der Waals surface area contributed by atoms with Gasteiger partial charge in [-0.3, -0.25) is 9.59 Å². The highest BCUT2D eigenvalue weighted by Gasteiger charge is 2.32. The molecule has 0 spiro atoms. The standard InChI is InChI=1S/C21H26N4O4S/c1-12(2)23-30(28,29)14-8-13-9-19(26)24(3)20(13)18(10-14)25-11-16(21(22)27)15-6-4-5-7-17(15)25/h8,10-12,23H,4-7,9H2,1-3H3,(H2,22,27). The Bertz CT molecular complexity index is 1160. The highest BCUT2D eigenvalue weighted by atomic mass is 32.2. The van der Waals surface area contributed by atoms with Crippen LogP contribution in [0.2, 0.25) is 0 Å². The van der Waals surface area contributed by atoms with Gasteiger partial charge in [-0.25, -0.2) is 13.1 Å². The topological polar surface area (TPSA) is 114 Å². The van der Waals surface area contributed by atoms with E-state index in [-0.39, 0.29) is 23.3 Å². The fourth-order valence-electron chi connectivity index (χ4n) is 4.45. The molecule has 1 aliphatic heterocycles. The maximum atomic E-state index is 12.9. The maximum absolute atomic E-state index is 12.9. The van der Waals surface area contributed by atoms with Crippen LogP contribution in [0.5, 0.6) is 0 Å². The molecular weight excluding hydrogens is 404 g/mol. The van der Waals surface area contributed by atoms with Crippen LogP contribution in [0.1, 0.15) is 53.9 Å². The summed E-state index contributed by atoms with van der Waals surface area (Å²) in [7, 11) is -2.08. The van der Waals surface area contributed by atoms with Crippen LogP contribution in [0.15, 0.2) is 23.2 Å². The van der Waals surface area contributed by atoms with Gasteiger partial charge >= 0.3 is 0 Å². The molecule has 9 heteroatoms. The molecule has 0 fully saturated rings. The molecule has 160 valence electrons. The van der Waals surface area contributed by atoms with Gasteiger partial charge in [0.1, 0.15) is 0 Å². The first-order chi connectivity index (χ1) is 14.1. The molecule has 2 amide bonds. The van der Waals surface area contributed by atoms with Gasteiger partial charge in [-0.2, -0.15) is 0 Å². The lowest BCUT2D eigenvalue weighted by atomic mass is 9.95. The summed E-state index contributed by atoms with van der Waals surface area (Å²) in [4.78, 5) is 26.1. The Kier molecular flexibility index (Phi) is 4.98. The van der Waals surface area contributed by atoms with Crippen LogP contribution in [-0.4, -0.2) is 37.9 Å². The molecule has 2 aliphatic rings. The van der Waals surface area contributed by atoms with Crippen LogP contribution in [0.3, 0.4) is 0 Å². The lowest BCUT2D eigenvalue weighted by Gasteiger charge is -2.21. The zero-order chi connectivity index (χ0) is 21.8. The molecule has 2 heterocycles. The number of fused-ring (bicyclic) bond motifs is 2. The Morgan fingerprint density at radius 3 is 2.57 bits per heavy atom. The number of aromatic nitrogens is 1. The summed E-state index contributed by atoms with van der Waals surface area (Å²) >= 11 is 0. The first kappa shape index (κ1) is 20.6. The summed E-state index contributed by atoms with van der Waals surface area (Å²) in [5.74, 6) is -0.605. The van der Waals surface area contributed by atoms with Gasteiger partial charge in [0, 0.05) is 25.0 Å². The summed E-state index contributed by atoms with van der Waals surface area (Å²) in [6.07, 6.45) is 5.28. The molecule has 0 radical (unpaired) electrons. The van der Waals surface area contributed by atoms with E-state index in [1.807, 2.05) is 4.57 Å². The summed E-state index contributed by atoms with van der Waals surface area (Å²) in [5.41, 5.74) is 9.86. The summed E-state index contributed by atoms with van der Waals surface area (Å²) < 4.78 is 30.3. The normalized spacial score (nSPS) is 16.1. The average Bonchev–Trinajstić information content (AvgIpc) is 3.18. The summed E-state index contributed by atoms with van der Waals surface area (Å²) in [5, 5.41) is 0. The Labute approximate surface area is 176 Å². The van der Waals surface area contributed by atoms with Crippen molar-refractivity contribution in [2.75, 3.05) is 11.9 Å². The lowest BCUT2D eigenvalue weighted by molar-refractivity contribution is -0.117. The summed E-state index contributed by atoms with van der Waals surface area (Å²) in [6, 6.07) is 2.88. The van der Waals surface area contributed by atoms with Crippen molar-refractivity contribution in [2.45, 2.75) is 56.9 Å². The smallest absolute Gasteiger partial charge is 0.250 e. The van der Waals surface area contributed by atoms with E-state index in [4.69, 9.17) is 5.73 Å². The number of amides is 2. The largest absolute Gasteiger partial charge is 0.366 e. The monoisotopic (exact) mass is 430 g/mol. The van der Waals surface area contributed by atoms with Gasteiger partial charge in [0.2, 0.25) is 15.9 Å². The van der Waals surface area contributed by atoms with Crippen molar-refractivity contribution in [1.29, 1.82) is 0 Å². The maximum Gasteiger partial charge on any atom is 0.250 e. The number of benzene rings is 1. The van der Waals surface area contributed by atoms with Crippen molar-refractivity contribution in [2.24, 2.45) is 5.73 Å². The molecule has 0 bridgehead atoms. The Morgan fingerprint density at radius 1 is 1.20 bits per heavy atom. The van der Waals surface area contributed by atoms with Crippen LogP contribution in [0.25, 0.3) is 5.69 Å². The van der Waals surface area contributed by atoms with Gasteiger partial charge in [-0.15, -0.1) is 0 Å². The number of nitrogens with one attached hydrogen (secondary N) is 1. The van der Waals surface area contributed by atoms with Crippen molar-refractivity contribution in [1.82, 2.24) is 9.29 Å². The van der Waals surface area contributed by atoms with Gasteiger partial charge in [0.25, 0.3) is 5.91 Å². The lowest BCUT2D eigenvalue weighted by Crippen LogP contribution is -2.30. The van der Waals surface area contributed by atoms with Gasteiger partial charge < -0.3 is 15.2 Å². The van der Waals surface area contributed by atoms with Crippen molar-refractivity contribution < 1.29 is 18.0 Å². The third kappa shape index (κ3) is 3.31. The van der Waals surface area contributed by atoms with E-state index in [9.17, 15) is 18.0 Å². The number of sulfonamides is 1. The van der Waals surface area contributed by atoms with Crippen LogP contribution < -0.4 is 15.4 Å². The molecule has 8 nitrogen and oxygen atoms in total. The average molecular weight is 431 g/mol. The van der Waals surface area contributed by atoms with Gasteiger partial charge in [0.15, 0.2) is 0 Å². The molecular formula is C21H26N4O4S. The van der Waals surface area contributed by atoms with Crippen molar-refractivity contribution in [3.8, 4) is 5.69 Å². The minimum Gasteiger partial charge on any atom is -0.366 e. The van der Waals surface area contributed by atoms with E-state index in [1.54, 1.807) is 44.1 Å². The number of nitrogens with two attached hydrogens (primary N) is 1. The third-order valence-corrected chi connectivity index (χ3v) is 7.37. The fourth-order valence-corrected chi connectivity index (χ4v) is 5.77. The number of hydrogen-bond donors (Lipinski definition) is 2. The second-order valence-corrected chi connectivity index (χ2v) is 9.98. The number of rotatable bonds is 5. The zero-order valence-electron chi connectivity index (χ0n) is 17.4. The predicted octanol–water partition coefficient (Wildman–Crippen LogP) is 1.66. The first-order valence-electron chi connectivity index (χ1n) is 10.1. The van der Waals surface area contributed by atoms with Gasteiger partial charge in [-0.05, 0) is 62.8 Å². The summed E-state index contributed by atoms with van der Waals surface area (Å²) in [6.45, 7) is 3.51. The van der Waals surface area contributed by atoms with E-state index in [2.05, 4.69) is 4.72 Å². The molecule has 0 saturated carbocycles. The first-order valence-corrected chi connectivity index (χ1v) is 11.6. The quantitative estimate of drug-likeness (QED) is 0.751. The SMILES string of the molecule is CC(C)NS(=O)(=O)c1cc2c(c(-n3cc(C(N)=O)c4c3CCCC4)c1)N(C)C(=O)C2. The van der Waals surface area contributed by atoms with Crippen molar-refractivity contribution in [3.05, 3.63) is 40.7 Å². The van der Waals surface area contributed by atoms with E-state index in [0.717, 1.165) is 36.9 Å². The molecule has 1 aromatic heterocycles. The number of nitrogens with zero attached hydrogens (tertiary/aromatic N) is 2. The Hall–Kier alpha value is -2.65. The molecule has 1 aliphatic carbocycles. The second-order valence-electron chi connectivity index (χ2n) is 8.27. The zero-order valence-corrected chi connectivity index (χ0v) is 18.2. The molecule has 0 saturated heterocycles. The molecule has 4 rings (SSSR count). The molecule has 3 N–H and O–H groups in total. The van der Waals surface area contributed by atoms with Crippen molar-refractivity contribution in [3.63, 3.8) is 0 Å². The third-order valence-electron chi connectivity index (χ3n) is 5.73. The molecule has 2 aromatic rings. The number of carbonyl (C=O) groups is 2. The second kappa shape index (κ2) is 7.24. The van der Waals surface area contributed by atoms with E-state index in [0.29, 0.717) is 22.5 Å². The number of hydrogen-bond acceptors (Lipinski definition) is 4. The number of primary amides is 1. The predicted molar refractivity (Wildman–Crippen MR) is 114 cm³/mol. The molecule has 1 aromatic carbocycles. The minimum absolute atomic E-state index is 0.103. The molecule has 30 heavy (non-hydrogen) atoms. The van der Waals surface area contributed by atoms with E-state index < -0.39 is 15.9 Å².